The van der Waals surface area contributed by atoms with E-state index in [9.17, 15) is 0 Å². The fraction of sp³-hybridized carbons (Fsp3) is 0.625. The molecule has 0 saturated carbocycles. The van der Waals surface area contributed by atoms with Crippen LogP contribution in [0.4, 0.5) is 0 Å². The molecule has 0 saturated heterocycles. The van der Waals surface area contributed by atoms with Gasteiger partial charge in [-0.3, -0.25) is 0 Å². The van der Waals surface area contributed by atoms with Crippen LogP contribution in [0, 0.1) is 0 Å². The summed E-state index contributed by atoms with van der Waals surface area (Å²) in [4.78, 5) is 0. The van der Waals surface area contributed by atoms with Gasteiger partial charge in [-0.05, 0) is 30.9 Å². The van der Waals surface area contributed by atoms with E-state index in [2.05, 4.69) is 13.8 Å². The number of benzene rings is 1. The highest BCUT2D eigenvalue weighted by atomic mass is 35.5. The second-order valence-electron chi connectivity index (χ2n) is 4.91. The second kappa shape index (κ2) is 10.0. The Balaban J connectivity index is 2.50. The van der Waals surface area contributed by atoms with Gasteiger partial charge >= 0.3 is 0 Å². The Labute approximate surface area is 127 Å². The molecule has 20 heavy (non-hydrogen) atoms. The van der Waals surface area contributed by atoms with Crippen LogP contribution in [0.3, 0.4) is 0 Å². The lowest BCUT2D eigenvalue weighted by Gasteiger charge is -2.15. The Morgan fingerprint density at radius 1 is 1.20 bits per heavy atom. The van der Waals surface area contributed by atoms with Gasteiger partial charge in [0.1, 0.15) is 12.4 Å². The van der Waals surface area contributed by atoms with Crippen molar-refractivity contribution in [3.63, 3.8) is 0 Å². The van der Waals surface area contributed by atoms with Crippen molar-refractivity contribution in [2.75, 3.05) is 19.8 Å². The predicted octanol–water partition coefficient (Wildman–Crippen LogP) is 3.82. The van der Waals surface area contributed by atoms with E-state index in [0.29, 0.717) is 18.2 Å². The largest absolute Gasteiger partial charge is 0.489 e. The highest BCUT2D eigenvalue weighted by Gasteiger charge is 2.11. The molecule has 1 unspecified atom stereocenters. The van der Waals surface area contributed by atoms with Crippen LogP contribution in [0.5, 0.6) is 5.75 Å². The Bertz CT molecular complexity index is 385. The molecular formula is C16H26ClNO2. The van der Waals surface area contributed by atoms with Crippen LogP contribution in [0.2, 0.25) is 5.02 Å². The zero-order valence-electron chi connectivity index (χ0n) is 12.5. The summed E-state index contributed by atoms with van der Waals surface area (Å²) in [6.45, 7) is 6.12. The number of hydrogen-bond donors (Lipinski definition) is 1. The van der Waals surface area contributed by atoms with E-state index in [4.69, 9.17) is 26.8 Å². The van der Waals surface area contributed by atoms with Crippen LogP contribution in [0.25, 0.3) is 0 Å². The predicted molar refractivity (Wildman–Crippen MR) is 84.6 cm³/mol. The maximum Gasteiger partial charge on any atom is 0.141 e. The maximum atomic E-state index is 6.21. The molecular weight excluding hydrogens is 274 g/mol. The molecule has 1 aromatic carbocycles. The lowest BCUT2D eigenvalue weighted by atomic mass is 10.0. The molecule has 0 amide bonds. The third kappa shape index (κ3) is 6.12. The van der Waals surface area contributed by atoms with Crippen molar-refractivity contribution in [2.45, 2.75) is 45.6 Å². The van der Waals surface area contributed by atoms with Gasteiger partial charge in [0.2, 0.25) is 0 Å². The first-order chi connectivity index (χ1) is 9.69. The molecule has 2 N–H and O–H groups in total. The summed E-state index contributed by atoms with van der Waals surface area (Å²) in [5.74, 6) is 0.747. The van der Waals surface area contributed by atoms with Crippen LogP contribution in [0.15, 0.2) is 18.2 Å². The minimum atomic E-state index is 0.136. The summed E-state index contributed by atoms with van der Waals surface area (Å²) in [6.07, 6.45) is 3.95. The molecule has 1 rings (SSSR count). The van der Waals surface area contributed by atoms with Gasteiger partial charge < -0.3 is 15.2 Å². The first-order valence-corrected chi connectivity index (χ1v) is 7.80. The molecule has 3 nitrogen and oxygen atoms in total. The molecule has 0 aliphatic rings. The van der Waals surface area contributed by atoms with E-state index in [1.807, 2.05) is 18.2 Å². The van der Waals surface area contributed by atoms with Crippen molar-refractivity contribution in [3.8, 4) is 5.75 Å². The zero-order chi connectivity index (χ0) is 14.8. The molecule has 0 aromatic heterocycles. The standard InChI is InChI=1S/C16H26ClNO2/c1-3-5-9-19-10-11-20-16-13(12-14(18)4-2)7-6-8-15(16)17/h6-8,14H,3-5,9-12,18H2,1-2H3. The number of nitrogens with two attached hydrogens (primary N) is 1. The van der Waals surface area contributed by atoms with Crippen LogP contribution >= 0.6 is 11.6 Å². The summed E-state index contributed by atoms with van der Waals surface area (Å²) in [5.41, 5.74) is 7.08. The molecule has 0 aliphatic heterocycles. The highest BCUT2D eigenvalue weighted by molar-refractivity contribution is 6.32. The molecule has 1 aromatic rings. The Morgan fingerprint density at radius 2 is 2.00 bits per heavy atom. The normalized spacial score (nSPS) is 12.4. The van der Waals surface area contributed by atoms with Crippen LogP contribution in [0.1, 0.15) is 38.7 Å². The van der Waals surface area contributed by atoms with Gasteiger partial charge in [-0.25, -0.2) is 0 Å². The number of unbranched alkanes of at least 4 members (excludes halogenated alkanes) is 1. The van der Waals surface area contributed by atoms with E-state index in [1.54, 1.807) is 0 Å². The van der Waals surface area contributed by atoms with Crippen molar-refractivity contribution in [2.24, 2.45) is 5.73 Å². The Kier molecular flexibility index (Phi) is 8.67. The van der Waals surface area contributed by atoms with E-state index in [1.165, 1.54) is 0 Å². The average molecular weight is 300 g/mol. The fourth-order valence-electron chi connectivity index (χ4n) is 1.85. The van der Waals surface area contributed by atoms with Crippen molar-refractivity contribution >= 4 is 11.6 Å². The Morgan fingerprint density at radius 3 is 2.70 bits per heavy atom. The summed E-state index contributed by atoms with van der Waals surface area (Å²) in [6, 6.07) is 5.94. The van der Waals surface area contributed by atoms with Crippen LogP contribution < -0.4 is 10.5 Å². The van der Waals surface area contributed by atoms with Crippen molar-refractivity contribution < 1.29 is 9.47 Å². The molecule has 0 spiro atoms. The van der Waals surface area contributed by atoms with Gasteiger partial charge in [0.25, 0.3) is 0 Å². The third-order valence-corrected chi connectivity index (χ3v) is 3.47. The number of rotatable bonds is 10. The molecule has 0 radical (unpaired) electrons. The monoisotopic (exact) mass is 299 g/mol. The minimum Gasteiger partial charge on any atom is -0.489 e. The average Bonchev–Trinajstić information content (AvgIpc) is 2.45. The molecule has 114 valence electrons. The first-order valence-electron chi connectivity index (χ1n) is 7.42. The third-order valence-electron chi connectivity index (χ3n) is 3.17. The molecule has 0 aliphatic carbocycles. The number of halogens is 1. The fourth-order valence-corrected chi connectivity index (χ4v) is 2.10. The van der Waals surface area contributed by atoms with Gasteiger partial charge in [0, 0.05) is 12.6 Å². The van der Waals surface area contributed by atoms with Gasteiger partial charge in [0.15, 0.2) is 0 Å². The highest BCUT2D eigenvalue weighted by Crippen LogP contribution is 2.29. The summed E-state index contributed by atoms with van der Waals surface area (Å²) in [7, 11) is 0. The van der Waals surface area contributed by atoms with Gasteiger partial charge in [-0.2, -0.15) is 0 Å². The molecule has 4 heteroatoms. The van der Waals surface area contributed by atoms with Gasteiger partial charge in [-0.15, -0.1) is 0 Å². The molecule has 0 bridgehead atoms. The summed E-state index contributed by atoms with van der Waals surface area (Å²) >= 11 is 6.21. The number of hydrogen-bond acceptors (Lipinski definition) is 3. The summed E-state index contributed by atoms with van der Waals surface area (Å²) in [5, 5.41) is 0.638. The van der Waals surface area contributed by atoms with E-state index in [0.717, 1.165) is 43.6 Å². The van der Waals surface area contributed by atoms with Gasteiger partial charge in [-0.1, -0.05) is 44.0 Å². The number of para-hydroxylation sites is 1. The van der Waals surface area contributed by atoms with E-state index >= 15 is 0 Å². The van der Waals surface area contributed by atoms with Crippen molar-refractivity contribution in [3.05, 3.63) is 28.8 Å². The quantitative estimate of drug-likeness (QED) is 0.668. The van der Waals surface area contributed by atoms with Crippen molar-refractivity contribution in [1.82, 2.24) is 0 Å². The topological polar surface area (TPSA) is 44.5 Å². The minimum absolute atomic E-state index is 0.136. The van der Waals surface area contributed by atoms with E-state index < -0.39 is 0 Å². The number of ether oxygens (including phenoxy) is 2. The first kappa shape index (κ1) is 17.3. The van der Waals surface area contributed by atoms with Gasteiger partial charge in [0.05, 0.1) is 11.6 Å². The lowest BCUT2D eigenvalue weighted by Crippen LogP contribution is -2.22. The maximum absolute atomic E-state index is 6.21. The Hall–Kier alpha value is -0.770. The smallest absolute Gasteiger partial charge is 0.141 e. The summed E-state index contributed by atoms with van der Waals surface area (Å²) < 4.78 is 11.3. The van der Waals surface area contributed by atoms with Crippen LogP contribution in [-0.2, 0) is 11.2 Å². The molecule has 1 atom stereocenters. The lowest BCUT2D eigenvalue weighted by molar-refractivity contribution is 0.0977. The van der Waals surface area contributed by atoms with Crippen molar-refractivity contribution in [1.29, 1.82) is 0 Å². The molecule has 0 heterocycles. The SMILES string of the molecule is CCCCOCCOc1c(Cl)cccc1CC(N)CC. The van der Waals surface area contributed by atoms with E-state index in [-0.39, 0.29) is 6.04 Å². The molecule has 0 fully saturated rings. The zero-order valence-corrected chi connectivity index (χ0v) is 13.3. The second-order valence-corrected chi connectivity index (χ2v) is 5.32. The van der Waals surface area contributed by atoms with Crippen LogP contribution in [-0.4, -0.2) is 25.9 Å².